The lowest BCUT2D eigenvalue weighted by atomic mass is 10.1. The van der Waals surface area contributed by atoms with Gasteiger partial charge in [0, 0.05) is 17.0 Å². The average molecular weight is 245 g/mol. The molecule has 1 aliphatic carbocycles. The molecule has 3 rings (SSSR count). The van der Waals surface area contributed by atoms with Crippen LogP contribution in [0.5, 0.6) is 0 Å². The molecule has 1 aromatic heterocycles. The number of thioether (sulfide) groups is 1. The van der Waals surface area contributed by atoms with Crippen molar-refractivity contribution in [2.24, 2.45) is 0 Å². The third-order valence-corrected chi connectivity index (χ3v) is 3.65. The van der Waals surface area contributed by atoms with E-state index in [0.717, 1.165) is 11.5 Å². The summed E-state index contributed by atoms with van der Waals surface area (Å²) in [7, 11) is 0. The SMILES string of the molecule is CSc1ccc(-c2cc(NC3CC3)n[nH]2)cc1. The highest BCUT2D eigenvalue weighted by molar-refractivity contribution is 7.98. The molecule has 0 bridgehead atoms. The van der Waals surface area contributed by atoms with Crippen LogP contribution in [0.3, 0.4) is 0 Å². The van der Waals surface area contributed by atoms with Gasteiger partial charge in [0.25, 0.3) is 0 Å². The number of H-pyrrole nitrogens is 1. The molecule has 1 heterocycles. The van der Waals surface area contributed by atoms with Gasteiger partial charge in [-0.15, -0.1) is 11.8 Å². The molecule has 1 fully saturated rings. The molecular weight excluding hydrogens is 230 g/mol. The number of aromatic nitrogens is 2. The van der Waals surface area contributed by atoms with Gasteiger partial charge in [-0.05, 0) is 36.8 Å². The van der Waals surface area contributed by atoms with Crippen molar-refractivity contribution >= 4 is 17.6 Å². The highest BCUT2D eigenvalue weighted by Gasteiger charge is 2.21. The van der Waals surface area contributed by atoms with Crippen LogP contribution in [-0.4, -0.2) is 22.5 Å². The third-order valence-electron chi connectivity index (χ3n) is 2.91. The number of benzene rings is 1. The molecule has 0 aliphatic heterocycles. The minimum atomic E-state index is 0.644. The molecule has 1 saturated carbocycles. The number of nitrogens with zero attached hydrogens (tertiary/aromatic N) is 1. The Hall–Kier alpha value is -1.42. The summed E-state index contributed by atoms with van der Waals surface area (Å²) < 4.78 is 0. The molecule has 0 atom stereocenters. The smallest absolute Gasteiger partial charge is 0.148 e. The number of rotatable bonds is 4. The number of aromatic amines is 1. The van der Waals surface area contributed by atoms with E-state index >= 15 is 0 Å². The minimum absolute atomic E-state index is 0.644. The van der Waals surface area contributed by atoms with Crippen LogP contribution >= 0.6 is 11.8 Å². The Balaban J connectivity index is 1.79. The van der Waals surface area contributed by atoms with Crippen molar-refractivity contribution < 1.29 is 0 Å². The fraction of sp³-hybridized carbons (Fsp3) is 0.308. The molecule has 0 spiro atoms. The van der Waals surface area contributed by atoms with Crippen molar-refractivity contribution in [1.82, 2.24) is 10.2 Å². The van der Waals surface area contributed by atoms with Gasteiger partial charge in [0.2, 0.25) is 0 Å². The first-order valence-electron chi connectivity index (χ1n) is 5.81. The van der Waals surface area contributed by atoms with Crippen molar-refractivity contribution in [1.29, 1.82) is 0 Å². The minimum Gasteiger partial charge on any atom is -0.366 e. The molecule has 2 aromatic rings. The molecule has 1 aliphatic rings. The number of nitrogens with one attached hydrogen (secondary N) is 2. The van der Waals surface area contributed by atoms with Crippen LogP contribution in [0.1, 0.15) is 12.8 Å². The lowest BCUT2D eigenvalue weighted by Crippen LogP contribution is -2.00. The predicted molar refractivity (Wildman–Crippen MR) is 72.4 cm³/mol. The summed E-state index contributed by atoms with van der Waals surface area (Å²) >= 11 is 1.76. The molecule has 4 heteroatoms. The normalized spacial score (nSPS) is 14.9. The Kier molecular flexibility index (Phi) is 2.81. The molecule has 1 aromatic carbocycles. The summed E-state index contributed by atoms with van der Waals surface area (Å²) in [6, 6.07) is 11.2. The van der Waals surface area contributed by atoms with E-state index < -0.39 is 0 Å². The zero-order chi connectivity index (χ0) is 11.7. The van der Waals surface area contributed by atoms with Crippen molar-refractivity contribution in [3.8, 4) is 11.3 Å². The summed E-state index contributed by atoms with van der Waals surface area (Å²) in [6.07, 6.45) is 4.62. The fourth-order valence-corrected chi connectivity index (χ4v) is 2.16. The van der Waals surface area contributed by atoms with E-state index in [1.807, 2.05) is 0 Å². The van der Waals surface area contributed by atoms with Crippen molar-refractivity contribution in [2.45, 2.75) is 23.8 Å². The van der Waals surface area contributed by atoms with Gasteiger partial charge in [-0.3, -0.25) is 5.10 Å². The monoisotopic (exact) mass is 245 g/mol. The molecule has 2 N–H and O–H groups in total. The Bertz CT molecular complexity index is 500. The van der Waals surface area contributed by atoms with E-state index in [1.165, 1.54) is 23.3 Å². The Morgan fingerprint density at radius 2 is 2.06 bits per heavy atom. The molecule has 3 nitrogen and oxygen atoms in total. The van der Waals surface area contributed by atoms with Gasteiger partial charge < -0.3 is 5.32 Å². The maximum absolute atomic E-state index is 4.27. The van der Waals surface area contributed by atoms with Crippen molar-refractivity contribution in [2.75, 3.05) is 11.6 Å². The van der Waals surface area contributed by atoms with Crippen LogP contribution in [0, 0.1) is 0 Å². The van der Waals surface area contributed by atoms with Gasteiger partial charge in [0.15, 0.2) is 0 Å². The first-order valence-corrected chi connectivity index (χ1v) is 7.04. The van der Waals surface area contributed by atoms with Gasteiger partial charge in [-0.2, -0.15) is 5.10 Å². The maximum Gasteiger partial charge on any atom is 0.148 e. The highest BCUT2D eigenvalue weighted by atomic mass is 32.2. The van der Waals surface area contributed by atoms with E-state index in [-0.39, 0.29) is 0 Å². The summed E-state index contributed by atoms with van der Waals surface area (Å²) in [5, 5.41) is 10.7. The van der Waals surface area contributed by atoms with Crippen molar-refractivity contribution in [3.63, 3.8) is 0 Å². The van der Waals surface area contributed by atoms with Crippen LogP contribution in [-0.2, 0) is 0 Å². The van der Waals surface area contributed by atoms with E-state index in [9.17, 15) is 0 Å². The van der Waals surface area contributed by atoms with E-state index in [0.29, 0.717) is 6.04 Å². The summed E-state index contributed by atoms with van der Waals surface area (Å²) in [4.78, 5) is 1.28. The third kappa shape index (κ3) is 2.47. The summed E-state index contributed by atoms with van der Waals surface area (Å²) in [5.74, 6) is 0.955. The number of hydrogen-bond acceptors (Lipinski definition) is 3. The molecule has 0 saturated heterocycles. The first-order chi connectivity index (χ1) is 8.35. The van der Waals surface area contributed by atoms with E-state index in [1.54, 1.807) is 11.8 Å². The molecule has 88 valence electrons. The maximum atomic E-state index is 4.27. The summed E-state index contributed by atoms with van der Waals surface area (Å²) in [6.45, 7) is 0. The lowest BCUT2D eigenvalue weighted by molar-refractivity contribution is 1.05. The largest absolute Gasteiger partial charge is 0.366 e. The van der Waals surface area contributed by atoms with Crippen molar-refractivity contribution in [3.05, 3.63) is 30.3 Å². The highest BCUT2D eigenvalue weighted by Crippen LogP contribution is 2.27. The second-order valence-corrected chi connectivity index (χ2v) is 5.19. The second kappa shape index (κ2) is 4.45. The zero-order valence-electron chi connectivity index (χ0n) is 9.73. The van der Waals surface area contributed by atoms with Gasteiger partial charge in [-0.1, -0.05) is 12.1 Å². The predicted octanol–water partition coefficient (Wildman–Crippen LogP) is 3.37. The quantitative estimate of drug-likeness (QED) is 0.811. The van der Waals surface area contributed by atoms with Gasteiger partial charge in [-0.25, -0.2) is 0 Å². The molecule has 0 amide bonds. The van der Waals surface area contributed by atoms with Gasteiger partial charge >= 0.3 is 0 Å². The standard InChI is InChI=1S/C13H15N3S/c1-17-11-6-2-9(3-7-11)12-8-13(16-15-12)14-10-4-5-10/h2-3,6-8,10H,4-5H2,1H3,(H2,14,15,16). The van der Waals surface area contributed by atoms with Gasteiger partial charge in [0.05, 0.1) is 5.69 Å². The summed E-state index contributed by atoms with van der Waals surface area (Å²) in [5.41, 5.74) is 2.25. The fourth-order valence-electron chi connectivity index (χ4n) is 1.75. The van der Waals surface area contributed by atoms with Crippen LogP contribution in [0.4, 0.5) is 5.82 Å². The van der Waals surface area contributed by atoms with E-state index in [4.69, 9.17) is 0 Å². The molecule has 0 radical (unpaired) electrons. The Morgan fingerprint density at radius 3 is 2.71 bits per heavy atom. The first kappa shape index (κ1) is 10.7. The number of hydrogen-bond donors (Lipinski definition) is 2. The van der Waals surface area contributed by atoms with Crippen LogP contribution in [0.25, 0.3) is 11.3 Å². The van der Waals surface area contributed by atoms with E-state index in [2.05, 4.69) is 52.1 Å². The topological polar surface area (TPSA) is 40.7 Å². The lowest BCUT2D eigenvalue weighted by Gasteiger charge is -1.99. The molecule has 17 heavy (non-hydrogen) atoms. The van der Waals surface area contributed by atoms with Gasteiger partial charge in [0.1, 0.15) is 5.82 Å². The molecular formula is C13H15N3S. The number of anilines is 1. The van der Waals surface area contributed by atoms with Crippen LogP contribution < -0.4 is 5.32 Å². The Morgan fingerprint density at radius 1 is 1.29 bits per heavy atom. The zero-order valence-corrected chi connectivity index (χ0v) is 10.6. The second-order valence-electron chi connectivity index (χ2n) is 4.31. The van der Waals surface area contributed by atoms with Crippen LogP contribution in [0.15, 0.2) is 35.2 Å². The molecule has 0 unspecified atom stereocenters. The Labute approximate surface area is 105 Å². The average Bonchev–Trinajstić information content (AvgIpc) is 3.06. The van der Waals surface area contributed by atoms with Crippen LogP contribution in [0.2, 0.25) is 0 Å².